The first kappa shape index (κ1) is 21.1. The Bertz CT molecular complexity index is 1100. The Morgan fingerprint density at radius 3 is 2.45 bits per heavy atom. The molecule has 31 heavy (non-hydrogen) atoms. The van der Waals surface area contributed by atoms with Gasteiger partial charge in [-0.2, -0.15) is 0 Å². The number of amides is 1. The van der Waals surface area contributed by atoms with Crippen LogP contribution in [0, 0.1) is 0 Å². The average Bonchev–Trinajstić information content (AvgIpc) is 2.79. The molecule has 0 bridgehead atoms. The lowest BCUT2D eigenvalue weighted by Crippen LogP contribution is -2.37. The van der Waals surface area contributed by atoms with E-state index in [1.54, 1.807) is 7.11 Å². The number of hydrogen-bond donors (Lipinski definition) is 2. The third-order valence-electron chi connectivity index (χ3n) is 5.80. The normalized spacial score (nSPS) is 16.1. The van der Waals surface area contributed by atoms with Gasteiger partial charge in [0, 0.05) is 24.0 Å². The Balaban J connectivity index is 1.43. The highest BCUT2D eigenvalue weighted by molar-refractivity contribution is 7.80. The third kappa shape index (κ3) is 4.80. The fourth-order valence-corrected chi connectivity index (χ4v) is 4.33. The summed E-state index contributed by atoms with van der Waals surface area (Å²) >= 11 is 5.37. The zero-order valence-electron chi connectivity index (χ0n) is 17.9. The van der Waals surface area contributed by atoms with Gasteiger partial charge in [-0.15, -0.1) is 0 Å². The van der Waals surface area contributed by atoms with Crippen LogP contribution in [0.25, 0.3) is 10.8 Å². The fourth-order valence-electron chi connectivity index (χ4n) is 4.12. The molecule has 0 radical (unpaired) electrons. The second kappa shape index (κ2) is 9.35. The second-order valence-corrected chi connectivity index (χ2v) is 8.30. The molecule has 0 saturated carbocycles. The first-order valence-electron chi connectivity index (χ1n) is 10.6. The maximum absolute atomic E-state index is 12.8. The monoisotopic (exact) mass is 433 g/mol. The highest BCUT2D eigenvalue weighted by Gasteiger charge is 2.19. The van der Waals surface area contributed by atoms with Gasteiger partial charge in [0.15, 0.2) is 5.11 Å². The fraction of sp³-hybridized carbons (Fsp3) is 0.280. The number of rotatable bonds is 4. The van der Waals surface area contributed by atoms with Gasteiger partial charge in [0.05, 0.1) is 12.7 Å². The molecular weight excluding hydrogens is 406 g/mol. The Morgan fingerprint density at radius 2 is 1.77 bits per heavy atom. The highest BCUT2D eigenvalue weighted by atomic mass is 32.1. The van der Waals surface area contributed by atoms with Gasteiger partial charge in [0.2, 0.25) is 0 Å². The topological polar surface area (TPSA) is 53.6 Å². The Labute approximate surface area is 188 Å². The van der Waals surface area contributed by atoms with Gasteiger partial charge in [-0.3, -0.25) is 10.1 Å². The van der Waals surface area contributed by atoms with E-state index < -0.39 is 0 Å². The smallest absolute Gasteiger partial charge is 0.261 e. The average molecular weight is 434 g/mol. The van der Waals surface area contributed by atoms with E-state index in [1.165, 1.54) is 24.9 Å². The van der Waals surface area contributed by atoms with Crippen molar-refractivity contribution in [3.63, 3.8) is 0 Å². The van der Waals surface area contributed by atoms with Crippen molar-refractivity contribution in [1.82, 2.24) is 5.32 Å². The van der Waals surface area contributed by atoms with Crippen LogP contribution in [0.1, 0.15) is 36.5 Å². The number of fused-ring (bicyclic) bond motifs is 1. The van der Waals surface area contributed by atoms with Crippen molar-refractivity contribution in [3.05, 3.63) is 66.2 Å². The number of ether oxygens (including phenoxy) is 1. The molecule has 1 aliphatic heterocycles. The first-order chi connectivity index (χ1) is 15.0. The number of anilines is 2. The molecule has 0 aliphatic carbocycles. The van der Waals surface area contributed by atoms with E-state index in [-0.39, 0.29) is 11.0 Å². The number of benzene rings is 3. The number of hydrogen-bond acceptors (Lipinski definition) is 4. The summed E-state index contributed by atoms with van der Waals surface area (Å²) in [6.07, 6.45) is 3.76. The summed E-state index contributed by atoms with van der Waals surface area (Å²) in [4.78, 5) is 15.3. The summed E-state index contributed by atoms with van der Waals surface area (Å²) in [5, 5.41) is 8.09. The zero-order valence-corrected chi connectivity index (χ0v) is 18.7. The minimum atomic E-state index is -0.307. The van der Waals surface area contributed by atoms with Crippen LogP contribution in [-0.4, -0.2) is 30.7 Å². The molecule has 2 N–H and O–H groups in total. The number of thiocarbonyl (C=S) groups is 1. The molecule has 160 valence electrons. The maximum Gasteiger partial charge on any atom is 0.261 e. The van der Waals surface area contributed by atoms with Crippen molar-refractivity contribution in [2.75, 3.05) is 23.9 Å². The molecule has 0 spiro atoms. The van der Waals surface area contributed by atoms with Crippen LogP contribution in [0.3, 0.4) is 0 Å². The van der Waals surface area contributed by atoms with Gasteiger partial charge >= 0.3 is 0 Å². The minimum Gasteiger partial charge on any atom is -0.496 e. The number of piperidine rings is 1. The summed E-state index contributed by atoms with van der Waals surface area (Å²) in [6.45, 7) is 3.37. The summed E-state index contributed by atoms with van der Waals surface area (Å²) in [6, 6.07) is 20.3. The molecule has 1 saturated heterocycles. The van der Waals surface area contributed by atoms with Gasteiger partial charge in [0.25, 0.3) is 5.91 Å². The van der Waals surface area contributed by atoms with E-state index in [1.807, 2.05) is 48.5 Å². The molecule has 1 fully saturated rings. The molecule has 5 nitrogen and oxygen atoms in total. The molecule has 3 aromatic carbocycles. The van der Waals surface area contributed by atoms with E-state index in [2.05, 4.69) is 34.6 Å². The van der Waals surface area contributed by atoms with Gasteiger partial charge < -0.3 is 15.0 Å². The summed E-state index contributed by atoms with van der Waals surface area (Å²) < 4.78 is 5.42. The molecular formula is C25H27N3O2S. The van der Waals surface area contributed by atoms with Gasteiger partial charge in [-0.25, -0.2) is 0 Å². The summed E-state index contributed by atoms with van der Waals surface area (Å²) in [5.41, 5.74) is 2.50. The predicted octanol–water partition coefficient (Wildman–Crippen LogP) is 5.35. The number of methoxy groups -OCH3 is 1. The van der Waals surface area contributed by atoms with Crippen LogP contribution in [0.4, 0.5) is 11.4 Å². The van der Waals surface area contributed by atoms with Crippen molar-refractivity contribution in [1.29, 1.82) is 0 Å². The van der Waals surface area contributed by atoms with Crippen LogP contribution in [-0.2, 0) is 0 Å². The molecule has 3 aromatic rings. The Morgan fingerprint density at radius 1 is 1.06 bits per heavy atom. The van der Waals surface area contributed by atoms with Gasteiger partial charge in [0.1, 0.15) is 5.75 Å². The lowest BCUT2D eigenvalue weighted by molar-refractivity contribution is 0.0975. The van der Waals surface area contributed by atoms with E-state index in [9.17, 15) is 4.79 Å². The van der Waals surface area contributed by atoms with Crippen molar-refractivity contribution >= 4 is 45.4 Å². The Kier molecular flexibility index (Phi) is 6.37. The van der Waals surface area contributed by atoms with Crippen LogP contribution >= 0.6 is 12.2 Å². The predicted molar refractivity (Wildman–Crippen MR) is 131 cm³/mol. The van der Waals surface area contributed by atoms with Crippen LogP contribution < -0.4 is 20.3 Å². The van der Waals surface area contributed by atoms with Crippen molar-refractivity contribution in [3.8, 4) is 5.75 Å². The SMILES string of the molecule is COc1cc2ccccc2cc1C(=O)NC(=S)Nc1ccc(N2CCCCC2C)cc1. The van der Waals surface area contributed by atoms with E-state index in [0.29, 0.717) is 17.4 Å². The maximum atomic E-state index is 12.8. The molecule has 1 aliphatic rings. The quantitative estimate of drug-likeness (QED) is 0.543. The van der Waals surface area contributed by atoms with Crippen molar-refractivity contribution < 1.29 is 9.53 Å². The molecule has 1 heterocycles. The lowest BCUT2D eigenvalue weighted by Gasteiger charge is -2.35. The van der Waals surface area contributed by atoms with Crippen LogP contribution in [0.2, 0.25) is 0 Å². The molecule has 1 atom stereocenters. The number of carbonyl (C=O) groups is 1. The highest BCUT2D eigenvalue weighted by Crippen LogP contribution is 2.27. The van der Waals surface area contributed by atoms with Crippen molar-refractivity contribution in [2.24, 2.45) is 0 Å². The second-order valence-electron chi connectivity index (χ2n) is 7.89. The molecule has 1 amide bonds. The third-order valence-corrected chi connectivity index (χ3v) is 6.00. The lowest BCUT2D eigenvalue weighted by atomic mass is 10.0. The largest absolute Gasteiger partial charge is 0.496 e. The molecule has 4 rings (SSSR count). The molecule has 6 heteroatoms. The standard InChI is InChI=1S/C25H27N3O2S/c1-17-7-5-6-14-28(17)21-12-10-20(11-13-21)26-25(31)27-24(29)22-15-18-8-3-4-9-19(18)16-23(22)30-2/h3-4,8-13,15-17H,5-7,14H2,1-2H3,(H2,26,27,29,31). The van der Waals surface area contributed by atoms with Crippen LogP contribution in [0.5, 0.6) is 5.75 Å². The van der Waals surface area contributed by atoms with E-state index in [0.717, 1.165) is 23.0 Å². The van der Waals surface area contributed by atoms with E-state index >= 15 is 0 Å². The Hall–Kier alpha value is -3.12. The summed E-state index contributed by atoms with van der Waals surface area (Å²) in [7, 11) is 1.56. The van der Waals surface area contributed by atoms with Gasteiger partial charge in [-0.1, -0.05) is 24.3 Å². The number of nitrogens with one attached hydrogen (secondary N) is 2. The number of nitrogens with zero attached hydrogens (tertiary/aromatic N) is 1. The zero-order chi connectivity index (χ0) is 21.8. The molecule has 0 aromatic heterocycles. The number of carbonyl (C=O) groups excluding carboxylic acids is 1. The van der Waals surface area contributed by atoms with E-state index in [4.69, 9.17) is 17.0 Å². The van der Waals surface area contributed by atoms with Gasteiger partial charge in [-0.05, 0) is 85.6 Å². The minimum absolute atomic E-state index is 0.249. The van der Waals surface area contributed by atoms with Crippen molar-refractivity contribution in [2.45, 2.75) is 32.2 Å². The first-order valence-corrected chi connectivity index (χ1v) is 11.0. The summed E-state index contributed by atoms with van der Waals surface area (Å²) in [5.74, 6) is 0.206. The van der Waals surface area contributed by atoms with Crippen LogP contribution in [0.15, 0.2) is 60.7 Å². The molecule has 1 unspecified atom stereocenters.